The van der Waals surface area contributed by atoms with E-state index < -0.39 is 0 Å². The summed E-state index contributed by atoms with van der Waals surface area (Å²) in [6, 6.07) is 0. The van der Waals surface area contributed by atoms with Crippen LogP contribution in [0.5, 0.6) is 0 Å². The number of ether oxygens (including phenoxy) is 3. The lowest BCUT2D eigenvalue weighted by molar-refractivity contribution is -0.133. The second-order valence-electron chi connectivity index (χ2n) is 15.2. The van der Waals surface area contributed by atoms with Crippen molar-refractivity contribution in [3.8, 4) is 0 Å². The van der Waals surface area contributed by atoms with Gasteiger partial charge in [-0.2, -0.15) is 0 Å². The Hall–Kier alpha value is 0.820. The Bertz CT molecular complexity index is 629. The van der Waals surface area contributed by atoms with Crippen LogP contribution in [-0.4, -0.2) is 35.7 Å². The smallest absolute Gasteiger partial charge is 0.149 e. The van der Waals surface area contributed by atoms with Gasteiger partial charge in [0.05, 0.1) is 0 Å². The summed E-state index contributed by atoms with van der Waals surface area (Å²) in [5, 5.41) is 0. The monoisotopic (exact) mass is 942 g/mol. The molecule has 3 nitrogen and oxygen atoms in total. The zero-order chi connectivity index (χ0) is 37.0. The average molecular weight is 943 g/mol. The largest absolute Gasteiger partial charge is 0.355 e. The quantitative estimate of drug-likeness (QED) is 0.0200. The summed E-state index contributed by atoms with van der Waals surface area (Å²) in [6.07, 6.45) is 53.3. The van der Waals surface area contributed by atoms with E-state index in [2.05, 4.69) is 83.3 Å². The van der Waals surface area contributed by atoms with E-state index in [-0.39, 0.29) is 0 Å². The van der Waals surface area contributed by atoms with E-state index in [4.69, 9.17) is 14.2 Å². The third-order valence-electron chi connectivity index (χ3n) is 10.3. The van der Waals surface area contributed by atoms with Crippen LogP contribution in [0.25, 0.3) is 0 Å². The molecule has 0 radical (unpaired) electrons. The van der Waals surface area contributed by atoms with Crippen LogP contribution in [0.2, 0.25) is 0 Å². The Labute approximate surface area is 348 Å². The lowest BCUT2D eigenvalue weighted by Crippen LogP contribution is -2.10. The van der Waals surface area contributed by atoms with E-state index >= 15 is 0 Å². The fourth-order valence-corrected chi connectivity index (χ4v) is 7.92. The van der Waals surface area contributed by atoms with Crippen molar-refractivity contribution in [1.82, 2.24) is 0 Å². The van der Waals surface area contributed by atoms with Gasteiger partial charge in [-0.1, -0.05) is 225 Å². The zero-order valence-electron chi connectivity index (χ0n) is 34.3. The summed E-state index contributed by atoms with van der Waals surface area (Å²) in [5.41, 5.74) is 0. The van der Waals surface area contributed by atoms with Crippen LogP contribution in [0.1, 0.15) is 219 Å². The second kappa shape index (κ2) is 47.0. The van der Waals surface area contributed by atoms with Gasteiger partial charge in [-0.3, -0.25) is 0 Å². The number of hydrogen-bond acceptors (Lipinski definition) is 3. The van der Waals surface area contributed by atoms with Crippen molar-refractivity contribution in [3.63, 3.8) is 0 Å². The molecule has 2 unspecified atom stereocenters. The molecule has 0 bridgehead atoms. The van der Waals surface area contributed by atoms with Gasteiger partial charge in [0.15, 0.2) is 0 Å². The highest BCUT2D eigenvalue weighted by molar-refractivity contribution is 14.1. The number of allylic oxidation sites excluding steroid dienone is 4. The van der Waals surface area contributed by atoms with Gasteiger partial charge in [-0.05, 0) is 84.9 Å². The fourth-order valence-electron chi connectivity index (χ4n) is 6.84. The first-order chi connectivity index (χ1) is 25.3. The van der Waals surface area contributed by atoms with Crippen molar-refractivity contribution in [1.29, 1.82) is 0 Å². The summed E-state index contributed by atoms with van der Waals surface area (Å²) in [4.78, 5) is 0. The van der Waals surface area contributed by atoms with Gasteiger partial charge in [0.25, 0.3) is 0 Å². The Balaban J connectivity index is 3.98. The molecule has 0 aromatic rings. The van der Waals surface area contributed by atoms with Gasteiger partial charge >= 0.3 is 0 Å². The zero-order valence-corrected chi connectivity index (χ0v) is 38.6. The first-order valence-corrected chi connectivity index (χ1v) is 25.5. The highest BCUT2D eigenvalue weighted by Gasteiger charge is 2.07. The van der Waals surface area contributed by atoms with Gasteiger partial charge in [-0.15, -0.1) is 0 Å². The van der Waals surface area contributed by atoms with Crippen LogP contribution in [0.15, 0.2) is 24.3 Å². The van der Waals surface area contributed by atoms with Gasteiger partial charge < -0.3 is 14.2 Å². The molecule has 0 aliphatic carbocycles. The maximum absolute atomic E-state index is 5.87. The molecule has 0 aromatic carbocycles. The van der Waals surface area contributed by atoms with E-state index in [0.717, 1.165) is 26.1 Å². The molecule has 0 fully saturated rings. The number of rotatable bonds is 44. The molecule has 0 rings (SSSR count). The maximum Gasteiger partial charge on any atom is 0.149 e. The van der Waals surface area contributed by atoms with E-state index in [9.17, 15) is 0 Å². The van der Waals surface area contributed by atoms with Crippen LogP contribution in [-0.2, 0) is 14.2 Å². The first-order valence-electron chi connectivity index (χ1n) is 22.5. The van der Waals surface area contributed by atoms with Crippen molar-refractivity contribution in [3.05, 3.63) is 24.3 Å². The predicted molar refractivity (Wildman–Crippen MR) is 245 cm³/mol. The number of unbranched alkanes of at least 4 members (excludes halogenated alkanes) is 24. The molecular formula is C46H88I2O3. The van der Waals surface area contributed by atoms with Crippen molar-refractivity contribution in [2.45, 2.75) is 219 Å². The highest BCUT2D eigenvalue weighted by atomic mass is 127. The number of halogens is 2. The molecule has 0 spiro atoms. The van der Waals surface area contributed by atoms with E-state index in [1.54, 1.807) is 0 Å². The normalized spacial score (nSPS) is 13.3. The van der Waals surface area contributed by atoms with Crippen LogP contribution < -0.4 is 0 Å². The van der Waals surface area contributed by atoms with Gasteiger partial charge in [0.2, 0.25) is 0 Å². The van der Waals surface area contributed by atoms with E-state index in [1.165, 1.54) is 201 Å². The third kappa shape index (κ3) is 43.4. The van der Waals surface area contributed by atoms with Gasteiger partial charge in [0, 0.05) is 13.2 Å². The standard InChI is InChI=1S/C46H88I2O3/c1-3-5-27-33-45(35-29-23-19-15-11-7-9-13-17-21-25-31-39-47)37-41-49-43-51-44-50-42-38-46(34-28-6-4-2)36-30-24-20-16-12-8-10-14-18-22-26-32-40-48/h29-30,35-36,45-46H,3-28,31-34,37-44H2,1-2H3. The Kier molecular flexibility index (Phi) is 47.7. The van der Waals surface area contributed by atoms with E-state index in [0.29, 0.717) is 25.4 Å². The molecule has 0 aliphatic heterocycles. The fraction of sp³-hybridized carbons (Fsp3) is 0.913. The minimum Gasteiger partial charge on any atom is -0.355 e. The van der Waals surface area contributed by atoms with Crippen molar-refractivity contribution >= 4 is 45.2 Å². The summed E-state index contributed by atoms with van der Waals surface area (Å²) in [6.45, 7) is 6.79. The van der Waals surface area contributed by atoms with Gasteiger partial charge in [0.1, 0.15) is 13.6 Å². The summed E-state index contributed by atoms with van der Waals surface area (Å²) >= 11 is 4.99. The first kappa shape index (κ1) is 51.8. The topological polar surface area (TPSA) is 27.7 Å². The molecule has 0 amide bonds. The molecule has 0 aromatic heterocycles. The lowest BCUT2D eigenvalue weighted by atomic mass is 9.97. The van der Waals surface area contributed by atoms with Crippen LogP contribution >= 0.6 is 45.2 Å². The molecular weight excluding hydrogens is 854 g/mol. The third-order valence-corrected chi connectivity index (χ3v) is 11.8. The van der Waals surface area contributed by atoms with Crippen molar-refractivity contribution < 1.29 is 14.2 Å². The Morgan fingerprint density at radius 3 is 1.04 bits per heavy atom. The van der Waals surface area contributed by atoms with Crippen molar-refractivity contribution in [2.75, 3.05) is 35.7 Å². The second-order valence-corrected chi connectivity index (χ2v) is 17.4. The summed E-state index contributed by atoms with van der Waals surface area (Å²) in [7, 11) is 0. The number of alkyl halides is 2. The predicted octanol–water partition coefficient (Wildman–Crippen LogP) is 16.7. The lowest BCUT2D eigenvalue weighted by Gasteiger charge is -2.14. The minimum atomic E-state index is 0.336. The minimum absolute atomic E-state index is 0.336. The maximum atomic E-state index is 5.87. The molecule has 0 aliphatic rings. The Morgan fingerprint density at radius 2 is 0.706 bits per heavy atom. The molecule has 51 heavy (non-hydrogen) atoms. The molecule has 2 atom stereocenters. The molecule has 0 saturated carbocycles. The number of hydrogen-bond donors (Lipinski definition) is 0. The highest BCUT2D eigenvalue weighted by Crippen LogP contribution is 2.19. The Morgan fingerprint density at radius 1 is 0.373 bits per heavy atom. The van der Waals surface area contributed by atoms with Crippen LogP contribution in [0.4, 0.5) is 0 Å². The molecule has 0 N–H and O–H groups in total. The SMILES string of the molecule is CCCCCC(C=CCCCCCCCCCCCCI)CCOCOCOCCC(C=CCCCCCCCCCCCCI)CCCCC. The van der Waals surface area contributed by atoms with E-state index in [1.807, 2.05) is 0 Å². The molecule has 0 heterocycles. The molecule has 304 valence electrons. The summed E-state index contributed by atoms with van der Waals surface area (Å²) < 4.78 is 20.1. The van der Waals surface area contributed by atoms with Crippen LogP contribution in [0, 0.1) is 11.8 Å². The summed E-state index contributed by atoms with van der Waals surface area (Å²) in [5.74, 6) is 1.26. The molecule has 0 saturated heterocycles. The van der Waals surface area contributed by atoms with Gasteiger partial charge in [-0.25, -0.2) is 0 Å². The van der Waals surface area contributed by atoms with Crippen LogP contribution in [0.3, 0.4) is 0 Å². The molecule has 5 heteroatoms. The average Bonchev–Trinajstić information content (AvgIpc) is 3.14. The van der Waals surface area contributed by atoms with Crippen molar-refractivity contribution in [2.24, 2.45) is 11.8 Å².